The van der Waals surface area contributed by atoms with Crippen molar-refractivity contribution in [2.75, 3.05) is 18.9 Å². The van der Waals surface area contributed by atoms with Crippen LogP contribution < -0.4 is 5.32 Å². The van der Waals surface area contributed by atoms with Crippen LogP contribution in [-0.4, -0.2) is 42.4 Å². The molecule has 0 unspecified atom stereocenters. The van der Waals surface area contributed by atoms with E-state index in [-0.39, 0.29) is 10.0 Å². The van der Waals surface area contributed by atoms with Gasteiger partial charge in [0.05, 0.1) is 11.4 Å². The number of rotatable bonds is 6. The quantitative estimate of drug-likeness (QED) is 0.672. The number of amides is 1. The fourth-order valence-electron chi connectivity index (χ4n) is 2.33. The molecule has 142 valence electrons. The number of alkyl halides is 2. The van der Waals surface area contributed by atoms with Crippen LogP contribution in [0.4, 0.5) is 13.9 Å². The van der Waals surface area contributed by atoms with Gasteiger partial charge in [0, 0.05) is 7.05 Å². The average Bonchev–Trinajstić information content (AvgIpc) is 3.09. The third-order valence-corrected chi connectivity index (χ3v) is 6.31. The molecule has 0 atom stereocenters. The summed E-state index contributed by atoms with van der Waals surface area (Å²) in [7, 11) is -2.65. The van der Waals surface area contributed by atoms with E-state index < -0.39 is 33.9 Å². The maximum Gasteiger partial charge on any atom is 0.291 e. The summed E-state index contributed by atoms with van der Waals surface area (Å²) in [6, 6.07) is 12.0. The van der Waals surface area contributed by atoms with Crippen molar-refractivity contribution in [2.45, 2.75) is 11.3 Å². The minimum Gasteiger partial charge on any atom is -0.299 e. The highest BCUT2D eigenvalue weighted by atomic mass is 32.2. The molecule has 1 N–H and O–H groups in total. The molecule has 7 nitrogen and oxygen atoms in total. The van der Waals surface area contributed by atoms with Gasteiger partial charge in [-0.25, -0.2) is 17.2 Å². The van der Waals surface area contributed by atoms with Gasteiger partial charge in [0.25, 0.3) is 6.43 Å². The zero-order valence-electron chi connectivity index (χ0n) is 14.0. The Labute approximate surface area is 157 Å². The fourth-order valence-corrected chi connectivity index (χ4v) is 4.11. The minimum atomic E-state index is -3.91. The summed E-state index contributed by atoms with van der Waals surface area (Å²) in [5, 5.41) is 9.94. The minimum absolute atomic E-state index is 0.0485. The molecular formula is C16H14F2N4O3S2. The van der Waals surface area contributed by atoms with Crippen LogP contribution in [-0.2, 0) is 14.8 Å². The van der Waals surface area contributed by atoms with Gasteiger partial charge in [-0.3, -0.25) is 10.1 Å². The molecule has 3 aromatic rings. The summed E-state index contributed by atoms with van der Waals surface area (Å²) in [6.07, 6.45) is -2.79. The number of nitrogens with one attached hydrogen (secondary N) is 1. The molecule has 1 aromatic heterocycles. The summed E-state index contributed by atoms with van der Waals surface area (Å²) >= 11 is 0.530. The lowest BCUT2D eigenvalue weighted by molar-refractivity contribution is -0.116. The number of hydrogen-bond donors (Lipinski definition) is 1. The van der Waals surface area contributed by atoms with Gasteiger partial charge in [-0.1, -0.05) is 41.7 Å². The molecule has 0 aliphatic carbocycles. The maximum absolute atomic E-state index is 12.7. The molecule has 0 aliphatic rings. The molecule has 0 spiro atoms. The number of hydrogen-bond acceptors (Lipinski definition) is 6. The largest absolute Gasteiger partial charge is 0.299 e. The second-order valence-corrected chi connectivity index (χ2v) is 8.62. The number of benzene rings is 2. The third kappa shape index (κ3) is 4.26. The Bertz CT molecular complexity index is 1090. The van der Waals surface area contributed by atoms with Crippen LogP contribution in [0.15, 0.2) is 47.4 Å². The first-order chi connectivity index (χ1) is 12.8. The first-order valence-electron chi connectivity index (χ1n) is 7.64. The zero-order chi connectivity index (χ0) is 19.6. The van der Waals surface area contributed by atoms with Crippen LogP contribution in [0, 0.1) is 0 Å². The first kappa shape index (κ1) is 19.3. The number of halogens is 2. The molecule has 0 radical (unpaired) electrons. The number of nitrogens with zero attached hydrogens (tertiary/aromatic N) is 3. The maximum atomic E-state index is 12.7. The normalized spacial score (nSPS) is 12.0. The number of sulfonamides is 1. The van der Waals surface area contributed by atoms with Crippen molar-refractivity contribution in [2.24, 2.45) is 0 Å². The number of likely N-dealkylation sites (N-methyl/N-ethyl adjacent to an activating group) is 1. The van der Waals surface area contributed by atoms with Crippen molar-refractivity contribution in [3.05, 3.63) is 47.5 Å². The summed E-state index contributed by atoms with van der Waals surface area (Å²) < 4.78 is 51.2. The second kappa shape index (κ2) is 7.62. The lowest BCUT2D eigenvalue weighted by Crippen LogP contribution is -2.34. The van der Waals surface area contributed by atoms with Gasteiger partial charge < -0.3 is 0 Å². The van der Waals surface area contributed by atoms with E-state index in [2.05, 4.69) is 15.5 Å². The topological polar surface area (TPSA) is 92.3 Å². The monoisotopic (exact) mass is 412 g/mol. The molecule has 3 rings (SSSR count). The van der Waals surface area contributed by atoms with Crippen molar-refractivity contribution in [1.29, 1.82) is 0 Å². The van der Waals surface area contributed by atoms with Crippen LogP contribution >= 0.6 is 11.3 Å². The molecule has 0 bridgehead atoms. The molecular weight excluding hydrogens is 398 g/mol. The van der Waals surface area contributed by atoms with Gasteiger partial charge in [-0.2, -0.15) is 4.31 Å². The van der Waals surface area contributed by atoms with Crippen molar-refractivity contribution in [3.63, 3.8) is 0 Å². The molecule has 0 fully saturated rings. The average molecular weight is 412 g/mol. The molecule has 1 amide bonds. The SMILES string of the molecule is CN(CC(=O)Nc1nnc(C(F)F)s1)S(=O)(=O)c1ccc2ccccc2c1. The van der Waals surface area contributed by atoms with Gasteiger partial charge in [-0.15, -0.1) is 10.2 Å². The van der Waals surface area contributed by atoms with E-state index in [4.69, 9.17) is 0 Å². The summed E-state index contributed by atoms with van der Waals surface area (Å²) in [6.45, 7) is -0.501. The lowest BCUT2D eigenvalue weighted by atomic mass is 10.1. The highest BCUT2D eigenvalue weighted by molar-refractivity contribution is 7.89. The Hall–Kier alpha value is -2.50. The van der Waals surface area contributed by atoms with E-state index in [9.17, 15) is 22.0 Å². The first-order valence-corrected chi connectivity index (χ1v) is 9.89. The number of anilines is 1. The van der Waals surface area contributed by atoms with Gasteiger partial charge in [-0.05, 0) is 22.9 Å². The van der Waals surface area contributed by atoms with E-state index in [0.29, 0.717) is 11.3 Å². The smallest absolute Gasteiger partial charge is 0.291 e. The summed E-state index contributed by atoms with van der Waals surface area (Å²) in [5.74, 6) is -0.709. The van der Waals surface area contributed by atoms with Crippen molar-refractivity contribution < 1.29 is 22.0 Å². The van der Waals surface area contributed by atoms with E-state index in [1.165, 1.54) is 19.2 Å². The van der Waals surface area contributed by atoms with E-state index in [0.717, 1.165) is 15.1 Å². The molecule has 11 heteroatoms. The van der Waals surface area contributed by atoms with Gasteiger partial charge in [0.1, 0.15) is 0 Å². The molecule has 2 aromatic carbocycles. The van der Waals surface area contributed by atoms with E-state index >= 15 is 0 Å². The highest BCUT2D eigenvalue weighted by Gasteiger charge is 2.24. The van der Waals surface area contributed by atoms with Crippen molar-refractivity contribution >= 4 is 43.2 Å². The number of aromatic nitrogens is 2. The summed E-state index contributed by atoms with van der Waals surface area (Å²) in [4.78, 5) is 12.1. The van der Waals surface area contributed by atoms with Gasteiger partial charge >= 0.3 is 0 Å². The Morgan fingerprint density at radius 2 is 1.89 bits per heavy atom. The number of fused-ring (bicyclic) bond motifs is 1. The number of carbonyl (C=O) groups excluding carboxylic acids is 1. The van der Waals surface area contributed by atoms with Crippen molar-refractivity contribution in [1.82, 2.24) is 14.5 Å². The Balaban J connectivity index is 1.72. The second-order valence-electron chi connectivity index (χ2n) is 5.56. The third-order valence-electron chi connectivity index (χ3n) is 3.67. The standard InChI is InChI=1S/C16H14F2N4O3S2/c1-22(9-13(23)19-16-21-20-15(26-16)14(17)18)27(24,25)12-7-6-10-4-2-3-5-11(10)8-12/h2-8,14H,9H2,1H3,(H,19,21,23). The number of carbonyl (C=O) groups is 1. The molecule has 0 saturated carbocycles. The van der Waals surface area contributed by atoms with Gasteiger partial charge in [0.15, 0.2) is 5.01 Å². The molecule has 0 aliphatic heterocycles. The van der Waals surface area contributed by atoms with E-state index in [1.54, 1.807) is 18.2 Å². The molecule has 0 saturated heterocycles. The van der Waals surface area contributed by atoms with E-state index in [1.807, 2.05) is 12.1 Å². The highest BCUT2D eigenvalue weighted by Crippen LogP contribution is 2.25. The molecule has 27 heavy (non-hydrogen) atoms. The fraction of sp³-hybridized carbons (Fsp3) is 0.188. The van der Waals surface area contributed by atoms with Crippen LogP contribution in [0.5, 0.6) is 0 Å². The van der Waals surface area contributed by atoms with Gasteiger partial charge in [0.2, 0.25) is 21.1 Å². The Morgan fingerprint density at radius 3 is 2.56 bits per heavy atom. The predicted octanol–water partition coefficient (Wildman–Crippen LogP) is 2.89. The summed E-state index contributed by atoms with van der Waals surface area (Å²) in [5.41, 5.74) is 0. The Kier molecular flexibility index (Phi) is 5.44. The predicted molar refractivity (Wildman–Crippen MR) is 97.3 cm³/mol. The van der Waals surface area contributed by atoms with Crippen LogP contribution in [0.2, 0.25) is 0 Å². The lowest BCUT2D eigenvalue weighted by Gasteiger charge is -2.16. The van der Waals surface area contributed by atoms with Crippen LogP contribution in [0.3, 0.4) is 0 Å². The van der Waals surface area contributed by atoms with Crippen molar-refractivity contribution in [3.8, 4) is 0 Å². The molecule has 1 heterocycles. The van der Waals surface area contributed by atoms with Crippen LogP contribution in [0.1, 0.15) is 11.4 Å². The Morgan fingerprint density at radius 1 is 1.19 bits per heavy atom. The zero-order valence-corrected chi connectivity index (χ0v) is 15.6. The van der Waals surface area contributed by atoms with Crippen LogP contribution in [0.25, 0.3) is 10.8 Å².